The van der Waals surface area contributed by atoms with Gasteiger partial charge in [-0.3, -0.25) is 0 Å². The molecule has 21 aromatic rings. The van der Waals surface area contributed by atoms with Crippen molar-refractivity contribution in [2.75, 3.05) is 0 Å². The van der Waals surface area contributed by atoms with Crippen molar-refractivity contribution < 1.29 is 37.6 Å². The molecule has 0 amide bonds. The van der Waals surface area contributed by atoms with Crippen molar-refractivity contribution in [3.05, 3.63) is 400 Å². The summed E-state index contributed by atoms with van der Waals surface area (Å²) in [4.78, 5) is 0. The molecule has 0 bridgehead atoms. The quantitative estimate of drug-likeness (QED) is 0.128. The third-order valence-corrected chi connectivity index (χ3v) is 20.1. The van der Waals surface area contributed by atoms with E-state index in [4.69, 9.17) is 26.7 Å². The third-order valence-electron chi connectivity index (χ3n) is 20.1. The van der Waals surface area contributed by atoms with E-state index in [0.717, 1.165) is 82.6 Å². The molecule has 0 atom stereocenters. The molecule has 106 heavy (non-hydrogen) atoms. The van der Waals surface area contributed by atoms with Gasteiger partial charge in [0.15, 0.2) is 0 Å². The molecule has 0 aliphatic carbocycles. The van der Waals surface area contributed by atoms with Crippen molar-refractivity contribution >= 4 is 97.7 Å². The highest BCUT2D eigenvalue weighted by molar-refractivity contribution is 6.25. The van der Waals surface area contributed by atoms with Crippen LogP contribution >= 0.6 is 0 Å². The Labute approximate surface area is 643 Å². The van der Waals surface area contributed by atoms with Crippen LogP contribution in [-0.4, -0.2) is 0 Å². The molecule has 0 unspecified atom stereocenters. The van der Waals surface area contributed by atoms with E-state index in [1.165, 1.54) is 12.1 Å². The highest BCUT2D eigenvalue weighted by atomic mass is 16.3. The van der Waals surface area contributed by atoms with E-state index in [-0.39, 0.29) is 89.5 Å². The van der Waals surface area contributed by atoms with E-state index in [9.17, 15) is 11.0 Å². The molecule has 0 N–H and O–H groups in total. The first-order valence-electron chi connectivity index (χ1n) is 45.2. The maximum atomic E-state index is 9.51. The second kappa shape index (κ2) is 26.2. The van der Waals surface area contributed by atoms with Crippen molar-refractivity contribution in [3.63, 3.8) is 0 Å². The minimum atomic E-state index is -0.546. The minimum absolute atomic E-state index is 0.0131. The lowest BCUT2D eigenvalue weighted by atomic mass is 9.85. The normalized spacial score (nSPS) is 14.4. The predicted octanol–water partition coefficient (Wildman–Crippen LogP) is 29.6. The summed E-state index contributed by atoms with van der Waals surface area (Å²) in [6.07, 6.45) is 0. The van der Waals surface area contributed by atoms with Gasteiger partial charge in [-0.05, 0) is 208 Å². The van der Waals surface area contributed by atoms with Gasteiger partial charge in [-0.1, -0.05) is 357 Å². The maximum Gasteiger partial charge on any atom is 0.136 e. The van der Waals surface area contributed by atoms with Crippen molar-refractivity contribution in [2.24, 2.45) is 0 Å². The summed E-state index contributed by atoms with van der Waals surface area (Å²) >= 11 is 0. The van der Waals surface area contributed by atoms with Gasteiger partial charge >= 0.3 is 0 Å². The molecule has 2 aromatic heterocycles. The first-order chi connectivity index (χ1) is 61.3. The van der Waals surface area contributed by atoms with Gasteiger partial charge in [0.1, 0.15) is 22.3 Å². The fraction of sp³-hybridized carbons (Fsp3) is 0. The number of benzene rings is 19. The number of furan rings is 2. The Bertz CT molecular complexity index is 8110. The Morgan fingerprint density at radius 1 is 0.170 bits per heavy atom. The van der Waals surface area contributed by atoms with Crippen LogP contribution < -0.4 is 0 Å². The van der Waals surface area contributed by atoms with E-state index in [1.54, 1.807) is 54.6 Å². The third kappa shape index (κ3) is 10.7. The zero-order valence-electron chi connectivity index (χ0n) is 77.3. The van der Waals surface area contributed by atoms with Gasteiger partial charge in [-0.2, -0.15) is 0 Å². The average molecular weight is 1370 g/mol. The molecule has 0 saturated heterocycles. The fourth-order valence-electron chi connectivity index (χ4n) is 15.4. The second-order valence-corrected chi connectivity index (χ2v) is 26.0. The van der Waals surface area contributed by atoms with Crippen LogP contribution in [0.2, 0.25) is 0 Å². The van der Waals surface area contributed by atoms with Gasteiger partial charge in [-0.15, -0.1) is 0 Å². The van der Waals surface area contributed by atoms with Crippen molar-refractivity contribution in [1.82, 2.24) is 0 Å². The molecule has 0 fully saturated rings. The average Bonchev–Trinajstić information content (AvgIpc) is 1.03. The topological polar surface area (TPSA) is 26.3 Å². The highest BCUT2D eigenvalue weighted by Crippen LogP contribution is 2.50. The summed E-state index contributed by atoms with van der Waals surface area (Å²) in [6.45, 7) is 0. The lowest BCUT2D eigenvalue weighted by Crippen LogP contribution is -1.91. The summed E-state index contributed by atoms with van der Waals surface area (Å²) in [7, 11) is 0. The SMILES string of the molecule is [2H]c1c([2H])c([2H])c(-c2ccc(-c3c4c([2H])c([2H])c([2H])c([2H])c4c(-c4ccc5oc6cccc(-c7ccccc7-c7ccc(-c8ccccc8)cc7)c6c5c4)c4c([2H])c([2H])c([2H])c([2H])c34)cc2)c([2H])c1[2H].[2H]c1c([2H])c([2H])c2c(-c3ccc4oc5cc(-c6ccc7ccccc7c6-c6ccccc6)ccc5c4c3)c3c([2H])c([2H])c([2H])c([2H])c3c(-c3ccccc3)c2c1[2H]. The minimum Gasteiger partial charge on any atom is -0.456 e. The van der Waals surface area contributed by atoms with Crippen molar-refractivity contribution in [2.45, 2.75) is 0 Å². The molecule has 21 rings (SSSR count). The van der Waals surface area contributed by atoms with Crippen molar-refractivity contribution in [3.8, 4) is 111 Å². The predicted molar refractivity (Wildman–Crippen MR) is 449 cm³/mol. The zero-order valence-corrected chi connectivity index (χ0v) is 56.3. The second-order valence-electron chi connectivity index (χ2n) is 26.0. The van der Waals surface area contributed by atoms with Gasteiger partial charge < -0.3 is 8.83 Å². The summed E-state index contributed by atoms with van der Waals surface area (Å²) in [5.41, 5.74) is 15.6. The van der Waals surface area contributed by atoms with Gasteiger partial charge in [0.25, 0.3) is 0 Å². The van der Waals surface area contributed by atoms with Crippen LogP contribution in [0.3, 0.4) is 0 Å². The van der Waals surface area contributed by atoms with Crippen LogP contribution in [0.15, 0.2) is 409 Å². The van der Waals surface area contributed by atoms with Crippen LogP contribution in [-0.2, 0) is 0 Å². The molecule has 2 heterocycles. The van der Waals surface area contributed by atoms with Crippen LogP contribution in [0, 0.1) is 0 Å². The summed E-state index contributed by atoms with van der Waals surface area (Å²) in [5, 5.41) is 6.14. The number of rotatable bonds is 10. The molecule has 0 saturated carbocycles. The first-order valence-corrected chi connectivity index (χ1v) is 34.7. The van der Waals surface area contributed by atoms with Gasteiger partial charge in [0.05, 0.1) is 28.8 Å². The van der Waals surface area contributed by atoms with Crippen LogP contribution in [0.4, 0.5) is 0 Å². The van der Waals surface area contributed by atoms with E-state index in [0.29, 0.717) is 61.1 Å². The Hall–Kier alpha value is -13.9. The van der Waals surface area contributed by atoms with Gasteiger partial charge in [0.2, 0.25) is 0 Å². The van der Waals surface area contributed by atoms with E-state index in [2.05, 4.69) is 97.1 Å². The molecule has 0 aliphatic rings. The van der Waals surface area contributed by atoms with Crippen LogP contribution in [0.5, 0.6) is 0 Å². The molecule has 494 valence electrons. The number of fused-ring (bicyclic) bond motifs is 11. The Kier molecular flexibility index (Phi) is 10.8. The van der Waals surface area contributed by atoms with Crippen LogP contribution in [0.25, 0.3) is 209 Å². The van der Waals surface area contributed by atoms with E-state index in [1.807, 2.05) is 109 Å². The molecular weight excluding hydrogens is 1280 g/mol. The molecule has 19 aromatic carbocycles. The van der Waals surface area contributed by atoms with Crippen LogP contribution in [0.1, 0.15) is 28.8 Å². The molecule has 2 nitrogen and oxygen atoms in total. The largest absolute Gasteiger partial charge is 0.456 e. The number of hydrogen-bond acceptors (Lipinski definition) is 2. The lowest BCUT2D eigenvalue weighted by molar-refractivity contribution is 0.668. The highest BCUT2D eigenvalue weighted by Gasteiger charge is 2.23. The van der Waals surface area contributed by atoms with Gasteiger partial charge in [-0.25, -0.2) is 0 Å². The van der Waals surface area contributed by atoms with E-state index < -0.39 is 103 Å². The summed E-state index contributed by atoms with van der Waals surface area (Å²) in [6, 6.07) is 78.5. The molecule has 0 spiro atoms. The fourth-order valence-corrected chi connectivity index (χ4v) is 15.4. The molecule has 0 radical (unpaired) electrons. The lowest BCUT2D eigenvalue weighted by Gasteiger charge is -2.18. The smallest absolute Gasteiger partial charge is 0.136 e. The maximum absolute atomic E-state index is 9.51. The Balaban J connectivity index is 0.000000163. The zero-order chi connectivity index (χ0) is 88.3. The Morgan fingerprint density at radius 3 is 1.14 bits per heavy atom. The summed E-state index contributed by atoms with van der Waals surface area (Å²) in [5.74, 6) is 0. The van der Waals surface area contributed by atoms with E-state index >= 15 is 0 Å². The van der Waals surface area contributed by atoms with Crippen molar-refractivity contribution in [1.29, 1.82) is 0 Å². The summed E-state index contributed by atoms with van der Waals surface area (Å²) < 4.78 is 200. The molecule has 2 heteroatoms. The molecule has 0 aliphatic heterocycles. The van der Waals surface area contributed by atoms with Gasteiger partial charge in [0, 0.05) is 21.5 Å². The molecular formula is C104H66O2. The standard InChI is InChI=1S/C56H36O.C48H30O/c1-3-14-37(15-4-1)39-26-30-41(31-27-39)44-18-7-8-19-45(44)46-24-13-25-53-56(46)51-36-43(34-35-52(51)57-53)55-49-22-11-9-20-47(49)54(48-21-10-12-23-50(48)55)42-32-28-40(29-33-42)38-16-5-2-6-17-38;1-3-14-32(15-4-1)46-36-18-8-7-13-31(36)23-26-37(46)34-24-27-38-43-29-35(25-28-44(43)49-45(38)30-34)48-41-21-11-9-19-39(41)47(33-16-5-2-6-17-33)40-20-10-12-22-42(40)48/h1-36H;1-30H/i2D,5D,6D,9D,10D,11D,12D,16D,17D,20D,21D,22D,23D;9D,10D,11D,12D,19D,20D,21D,22D. The number of hydrogen-bond donors (Lipinski definition) is 0. The first kappa shape index (κ1) is 43.8. The Morgan fingerprint density at radius 2 is 0.566 bits per heavy atom. The monoisotopic (exact) mass is 1370 g/mol.